The fraction of sp³-hybridized carbons (Fsp3) is 0.286. The van der Waals surface area contributed by atoms with Crippen LogP contribution in [0.15, 0.2) is 54.6 Å². The van der Waals surface area contributed by atoms with E-state index in [-0.39, 0.29) is 43.1 Å². The van der Waals surface area contributed by atoms with Crippen molar-refractivity contribution in [1.29, 1.82) is 0 Å². The Bertz CT molecular complexity index is 851. The standard InChI is InChI=1S/C21H23N3O3/c1-15(16-8-4-3-5-9-16)23(2)20(26)12-13-21(27)24-14-19(25)22-17-10-6-7-11-18(17)24/h3-11,15H,12-14H2,1-2H3,(H,22,25)/t15-/m0/s1. The van der Waals surface area contributed by atoms with E-state index in [4.69, 9.17) is 0 Å². The second-order valence-electron chi connectivity index (χ2n) is 6.64. The zero-order valence-electron chi connectivity index (χ0n) is 15.5. The van der Waals surface area contributed by atoms with Crippen LogP contribution in [0, 0.1) is 0 Å². The third-order valence-corrected chi connectivity index (χ3v) is 4.88. The van der Waals surface area contributed by atoms with Crippen LogP contribution in [0.4, 0.5) is 11.4 Å². The second kappa shape index (κ2) is 8.03. The van der Waals surface area contributed by atoms with Crippen molar-refractivity contribution in [3.8, 4) is 0 Å². The highest BCUT2D eigenvalue weighted by molar-refractivity contribution is 6.10. The number of nitrogens with one attached hydrogen (secondary N) is 1. The Hall–Kier alpha value is -3.15. The fourth-order valence-electron chi connectivity index (χ4n) is 3.15. The molecule has 0 aliphatic carbocycles. The Balaban J connectivity index is 1.62. The molecule has 6 heteroatoms. The van der Waals surface area contributed by atoms with E-state index in [0.717, 1.165) is 5.56 Å². The van der Waals surface area contributed by atoms with E-state index >= 15 is 0 Å². The van der Waals surface area contributed by atoms with Crippen LogP contribution in [0.3, 0.4) is 0 Å². The first-order chi connectivity index (χ1) is 13.0. The van der Waals surface area contributed by atoms with Crippen LogP contribution in [-0.4, -0.2) is 36.2 Å². The summed E-state index contributed by atoms with van der Waals surface area (Å²) < 4.78 is 0. The summed E-state index contributed by atoms with van der Waals surface area (Å²) in [7, 11) is 1.74. The first kappa shape index (κ1) is 18.6. The number of nitrogens with zero attached hydrogens (tertiary/aromatic N) is 2. The molecule has 0 radical (unpaired) electrons. The first-order valence-corrected chi connectivity index (χ1v) is 8.97. The number of benzene rings is 2. The van der Waals surface area contributed by atoms with Crippen LogP contribution in [0.1, 0.15) is 31.4 Å². The van der Waals surface area contributed by atoms with Crippen molar-refractivity contribution in [3.63, 3.8) is 0 Å². The summed E-state index contributed by atoms with van der Waals surface area (Å²) in [5.74, 6) is -0.566. The Morgan fingerprint density at radius 2 is 1.74 bits per heavy atom. The number of fused-ring (bicyclic) bond motifs is 1. The molecule has 140 valence electrons. The van der Waals surface area contributed by atoms with Crippen molar-refractivity contribution in [1.82, 2.24) is 4.90 Å². The smallest absolute Gasteiger partial charge is 0.244 e. The van der Waals surface area contributed by atoms with Crippen LogP contribution in [0.5, 0.6) is 0 Å². The number of hydrogen-bond acceptors (Lipinski definition) is 3. The van der Waals surface area contributed by atoms with Crippen molar-refractivity contribution in [2.75, 3.05) is 23.8 Å². The third kappa shape index (κ3) is 4.16. The zero-order chi connectivity index (χ0) is 19.4. The molecule has 1 aliphatic heterocycles. The highest BCUT2D eigenvalue weighted by atomic mass is 16.2. The molecule has 0 saturated carbocycles. The molecule has 0 saturated heterocycles. The van der Waals surface area contributed by atoms with Gasteiger partial charge in [0.05, 0.1) is 17.4 Å². The van der Waals surface area contributed by atoms with Crippen molar-refractivity contribution < 1.29 is 14.4 Å². The number of carbonyl (C=O) groups excluding carboxylic acids is 3. The van der Waals surface area contributed by atoms with Crippen molar-refractivity contribution >= 4 is 29.1 Å². The molecule has 2 aromatic rings. The maximum atomic E-state index is 12.6. The Morgan fingerprint density at radius 3 is 2.48 bits per heavy atom. The molecule has 0 unspecified atom stereocenters. The van der Waals surface area contributed by atoms with E-state index in [1.807, 2.05) is 43.3 Å². The van der Waals surface area contributed by atoms with Gasteiger partial charge in [0.2, 0.25) is 17.7 Å². The molecule has 1 heterocycles. The van der Waals surface area contributed by atoms with Gasteiger partial charge in [-0.1, -0.05) is 42.5 Å². The Morgan fingerprint density at radius 1 is 1.07 bits per heavy atom. The predicted octanol–water partition coefficient (Wildman–Crippen LogP) is 2.97. The van der Waals surface area contributed by atoms with Crippen LogP contribution in [-0.2, 0) is 14.4 Å². The van der Waals surface area contributed by atoms with Gasteiger partial charge in [-0.3, -0.25) is 14.4 Å². The number of carbonyl (C=O) groups is 3. The summed E-state index contributed by atoms with van der Waals surface area (Å²) in [6.07, 6.45) is 0.166. The van der Waals surface area contributed by atoms with E-state index in [0.29, 0.717) is 11.4 Å². The molecule has 1 atom stereocenters. The largest absolute Gasteiger partial charge is 0.339 e. The maximum absolute atomic E-state index is 12.6. The molecular weight excluding hydrogens is 342 g/mol. The summed E-state index contributed by atoms with van der Waals surface area (Å²) in [5, 5.41) is 2.75. The van der Waals surface area contributed by atoms with Crippen LogP contribution in [0.25, 0.3) is 0 Å². The molecule has 27 heavy (non-hydrogen) atoms. The van der Waals surface area contributed by atoms with Gasteiger partial charge in [-0.2, -0.15) is 0 Å². The Labute approximate surface area is 158 Å². The molecule has 1 aliphatic rings. The van der Waals surface area contributed by atoms with Gasteiger partial charge in [0.1, 0.15) is 6.54 Å². The minimum atomic E-state index is -0.233. The number of rotatable bonds is 5. The lowest BCUT2D eigenvalue weighted by molar-refractivity contribution is -0.133. The highest BCUT2D eigenvalue weighted by Crippen LogP contribution is 2.29. The van der Waals surface area contributed by atoms with Gasteiger partial charge in [-0.05, 0) is 24.6 Å². The topological polar surface area (TPSA) is 69.7 Å². The highest BCUT2D eigenvalue weighted by Gasteiger charge is 2.27. The van der Waals surface area contributed by atoms with Crippen molar-refractivity contribution in [2.24, 2.45) is 0 Å². The van der Waals surface area contributed by atoms with Gasteiger partial charge >= 0.3 is 0 Å². The summed E-state index contributed by atoms with van der Waals surface area (Å²) in [6.45, 7) is 1.93. The SMILES string of the molecule is C[C@@H](c1ccccc1)N(C)C(=O)CCC(=O)N1CC(=O)Nc2ccccc21. The lowest BCUT2D eigenvalue weighted by atomic mass is 10.1. The Kier molecular flexibility index (Phi) is 5.54. The predicted molar refractivity (Wildman–Crippen MR) is 104 cm³/mol. The molecule has 0 bridgehead atoms. The summed E-state index contributed by atoms with van der Waals surface area (Å²) in [5.41, 5.74) is 2.32. The monoisotopic (exact) mass is 365 g/mol. The average molecular weight is 365 g/mol. The molecule has 3 rings (SSSR count). The molecule has 0 spiro atoms. The lowest BCUT2D eigenvalue weighted by Gasteiger charge is -2.29. The van der Waals surface area contributed by atoms with Crippen LogP contribution < -0.4 is 10.2 Å². The number of anilines is 2. The van der Waals surface area contributed by atoms with Gasteiger partial charge in [0.25, 0.3) is 0 Å². The number of amides is 3. The number of para-hydroxylation sites is 2. The van der Waals surface area contributed by atoms with Gasteiger partial charge in [-0.15, -0.1) is 0 Å². The lowest BCUT2D eigenvalue weighted by Crippen LogP contribution is -2.42. The summed E-state index contributed by atoms with van der Waals surface area (Å²) in [4.78, 5) is 40.1. The third-order valence-electron chi connectivity index (χ3n) is 4.88. The van der Waals surface area contributed by atoms with E-state index in [1.165, 1.54) is 4.90 Å². The molecule has 0 aromatic heterocycles. The van der Waals surface area contributed by atoms with Crippen molar-refractivity contribution in [3.05, 3.63) is 60.2 Å². The van der Waals surface area contributed by atoms with Gasteiger partial charge < -0.3 is 15.1 Å². The van der Waals surface area contributed by atoms with Crippen LogP contribution in [0.2, 0.25) is 0 Å². The van der Waals surface area contributed by atoms with E-state index < -0.39 is 0 Å². The van der Waals surface area contributed by atoms with Crippen LogP contribution >= 0.6 is 0 Å². The molecule has 6 nitrogen and oxygen atoms in total. The van der Waals surface area contributed by atoms with Crippen molar-refractivity contribution in [2.45, 2.75) is 25.8 Å². The molecule has 3 amide bonds. The quantitative estimate of drug-likeness (QED) is 0.886. The normalized spacial score (nSPS) is 14.1. The van der Waals surface area contributed by atoms with E-state index in [9.17, 15) is 14.4 Å². The minimum absolute atomic E-state index is 0.0275. The molecule has 1 N–H and O–H groups in total. The molecular formula is C21H23N3O3. The van der Waals surface area contributed by atoms with Gasteiger partial charge in [0.15, 0.2) is 0 Å². The minimum Gasteiger partial charge on any atom is -0.339 e. The summed E-state index contributed by atoms with van der Waals surface area (Å²) >= 11 is 0. The summed E-state index contributed by atoms with van der Waals surface area (Å²) in [6, 6.07) is 16.8. The number of hydrogen-bond donors (Lipinski definition) is 1. The van der Waals surface area contributed by atoms with E-state index in [2.05, 4.69) is 5.32 Å². The van der Waals surface area contributed by atoms with E-state index in [1.54, 1.807) is 30.1 Å². The van der Waals surface area contributed by atoms with Gasteiger partial charge in [-0.25, -0.2) is 0 Å². The molecule has 0 fully saturated rings. The zero-order valence-corrected chi connectivity index (χ0v) is 15.5. The molecule has 2 aromatic carbocycles. The average Bonchev–Trinajstić information content (AvgIpc) is 2.70. The maximum Gasteiger partial charge on any atom is 0.244 e. The second-order valence-corrected chi connectivity index (χ2v) is 6.64. The van der Waals surface area contributed by atoms with Gasteiger partial charge in [0, 0.05) is 19.9 Å². The first-order valence-electron chi connectivity index (χ1n) is 8.97. The fourth-order valence-corrected chi connectivity index (χ4v) is 3.15.